The number of carbonyl (C=O) groups excluding carboxylic acids is 4. The van der Waals surface area contributed by atoms with Gasteiger partial charge in [0.25, 0.3) is 5.91 Å². The average molecular weight is 461 g/mol. The van der Waals surface area contributed by atoms with Crippen molar-refractivity contribution >= 4 is 23.6 Å². The van der Waals surface area contributed by atoms with Gasteiger partial charge >= 0.3 is 5.97 Å². The van der Waals surface area contributed by atoms with E-state index in [-0.39, 0.29) is 37.4 Å². The van der Waals surface area contributed by atoms with Crippen LogP contribution in [0.15, 0.2) is 24.3 Å². The van der Waals surface area contributed by atoms with Crippen molar-refractivity contribution in [3.8, 4) is 5.75 Å². The van der Waals surface area contributed by atoms with Crippen molar-refractivity contribution in [1.82, 2.24) is 20.0 Å². The minimum Gasteiger partial charge on any atom is -0.482 e. The van der Waals surface area contributed by atoms with E-state index in [4.69, 9.17) is 9.47 Å². The van der Waals surface area contributed by atoms with Crippen LogP contribution >= 0.6 is 0 Å². The van der Waals surface area contributed by atoms with Gasteiger partial charge < -0.3 is 24.6 Å². The Labute approximate surface area is 193 Å². The molecule has 1 N–H and O–H groups in total. The number of benzene rings is 1. The van der Waals surface area contributed by atoms with Crippen molar-refractivity contribution in [1.29, 1.82) is 0 Å². The van der Waals surface area contributed by atoms with E-state index in [1.807, 2.05) is 0 Å². The third-order valence-electron chi connectivity index (χ3n) is 5.90. The molecule has 1 aromatic carbocycles. The van der Waals surface area contributed by atoms with Crippen LogP contribution in [0.1, 0.15) is 23.2 Å². The summed E-state index contributed by atoms with van der Waals surface area (Å²) < 4.78 is 10.2. The fourth-order valence-corrected chi connectivity index (χ4v) is 3.83. The first-order chi connectivity index (χ1) is 15.8. The highest BCUT2D eigenvalue weighted by atomic mass is 16.6. The number of nitrogens with zero attached hydrogens (tertiary/aromatic N) is 3. The molecule has 0 unspecified atom stereocenters. The minimum atomic E-state index is -0.660. The molecule has 180 valence electrons. The molecule has 0 aliphatic carbocycles. The molecule has 0 spiro atoms. The monoisotopic (exact) mass is 460 g/mol. The highest BCUT2D eigenvalue weighted by Gasteiger charge is 2.30. The van der Waals surface area contributed by atoms with E-state index in [0.29, 0.717) is 30.4 Å². The van der Waals surface area contributed by atoms with Gasteiger partial charge in [0, 0.05) is 38.8 Å². The number of hydrogen-bond acceptors (Lipinski definition) is 8. The number of hydrogen-bond donors (Lipinski definition) is 1. The molecular weight excluding hydrogens is 428 g/mol. The largest absolute Gasteiger partial charge is 0.482 e. The number of likely N-dealkylation sites (N-methyl/N-ethyl adjacent to an activating group) is 1. The molecule has 10 heteroatoms. The van der Waals surface area contributed by atoms with Crippen molar-refractivity contribution in [2.45, 2.75) is 18.9 Å². The number of ether oxygens (including phenoxy) is 2. The molecule has 2 heterocycles. The molecule has 2 aliphatic rings. The van der Waals surface area contributed by atoms with Gasteiger partial charge in [0.05, 0.1) is 13.1 Å². The van der Waals surface area contributed by atoms with E-state index in [1.54, 1.807) is 43.3 Å². The first-order valence-electron chi connectivity index (χ1n) is 11.2. The molecule has 33 heavy (non-hydrogen) atoms. The number of ketones is 1. The molecule has 3 rings (SSSR count). The number of Topliss-reactive ketones (excluding diaryl/α,β-unsaturated/α-hetero) is 1. The normalized spacial score (nSPS) is 17.5. The summed E-state index contributed by atoms with van der Waals surface area (Å²) in [6.45, 7) is 3.02. The summed E-state index contributed by atoms with van der Waals surface area (Å²) in [5.41, 5.74) is 0.468. The molecule has 2 fully saturated rings. The first-order valence-corrected chi connectivity index (χ1v) is 11.2. The Kier molecular flexibility index (Phi) is 8.79. The lowest BCUT2D eigenvalue weighted by Crippen LogP contribution is -2.56. The first kappa shape index (κ1) is 24.7. The van der Waals surface area contributed by atoms with Crippen LogP contribution in [0.4, 0.5) is 0 Å². The zero-order chi connectivity index (χ0) is 23.8. The van der Waals surface area contributed by atoms with Gasteiger partial charge in [-0.3, -0.25) is 19.3 Å². The molecule has 0 aromatic heterocycles. The number of carbonyl (C=O) groups is 4. The van der Waals surface area contributed by atoms with Gasteiger partial charge in [-0.05, 0) is 50.2 Å². The Hall–Kier alpha value is -2.98. The van der Waals surface area contributed by atoms with Gasteiger partial charge in [0.15, 0.2) is 19.0 Å². The predicted octanol–water partition coefficient (Wildman–Crippen LogP) is -0.224. The van der Waals surface area contributed by atoms with Crippen molar-refractivity contribution in [3.63, 3.8) is 0 Å². The summed E-state index contributed by atoms with van der Waals surface area (Å²) in [6.07, 6.45) is 2.10. The fraction of sp³-hybridized carbons (Fsp3) is 0.565. The quantitative estimate of drug-likeness (QED) is 0.398. The lowest BCUT2D eigenvalue weighted by Gasteiger charge is -2.40. The number of nitrogens with one attached hydrogen (secondary N) is 1. The van der Waals surface area contributed by atoms with Crippen molar-refractivity contribution < 1.29 is 28.7 Å². The predicted molar refractivity (Wildman–Crippen MR) is 120 cm³/mol. The maximum atomic E-state index is 12.7. The third-order valence-corrected chi connectivity index (χ3v) is 5.90. The van der Waals surface area contributed by atoms with Gasteiger partial charge in [-0.15, -0.1) is 0 Å². The molecule has 2 amide bonds. The van der Waals surface area contributed by atoms with Crippen LogP contribution in [0, 0.1) is 0 Å². The highest BCUT2D eigenvalue weighted by Crippen LogP contribution is 2.17. The zero-order valence-corrected chi connectivity index (χ0v) is 19.2. The van der Waals surface area contributed by atoms with Crippen molar-refractivity contribution in [3.05, 3.63) is 29.8 Å². The Morgan fingerprint density at radius 1 is 1.06 bits per heavy atom. The molecular formula is C23H32N4O6. The Morgan fingerprint density at radius 3 is 2.39 bits per heavy atom. The molecule has 10 nitrogen and oxygen atoms in total. The number of piperidine rings is 1. The molecule has 0 atom stereocenters. The average Bonchev–Trinajstić information content (AvgIpc) is 2.83. The maximum absolute atomic E-state index is 12.7. The van der Waals surface area contributed by atoms with Crippen LogP contribution in [-0.2, 0) is 19.1 Å². The van der Waals surface area contributed by atoms with Crippen LogP contribution in [-0.4, -0.2) is 111 Å². The zero-order valence-electron chi connectivity index (χ0n) is 19.2. The van der Waals surface area contributed by atoms with Gasteiger partial charge in [-0.25, -0.2) is 4.79 Å². The van der Waals surface area contributed by atoms with E-state index in [9.17, 15) is 19.2 Å². The van der Waals surface area contributed by atoms with Gasteiger partial charge in [0.2, 0.25) is 5.91 Å². The van der Waals surface area contributed by atoms with E-state index in [1.165, 1.54) is 4.90 Å². The minimum absolute atomic E-state index is 0.0145. The lowest BCUT2D eigenvalue weighted by atomic mass is 10.0. The number of esters is 1. The van der Waals surface area contributed by atoms with E-state index < -0.39 is 5.97 Å². The maximum Gasteiger partial charge on any atom is 0.344 e. The van der Waals surface area contributed by atoms with Gasteiger partial charge in [0.1, 0.15) is 5.75 Å². The second-order valence-corrected chi connectivity index (χ2v) is 8.45. The lowest BCUT2D eigenvalue weighted by molar-refractivity contribution is -0.152. The van der Waals surface area contributed by atoms with Gasteiger partial charge in [-0.2, -0.15) is 0 Å². The number of rotatable bonds is 9. The standard InChI is InChI=1S/C23H32N4O6/c1-25(2)22(30)15-33-23(31)16-32-19-5-3-17(4-6-19)20(28)13-27-12-11-26(14-21(27)29)18-7-9-24-10-8-18/h3-6,18,24H,7-16H2,1-2H3. The Morgan fingerprint density at radius 2 is 1.76 bits per heavy atom. The smallest absolute Gasteiger partial charge is 0.344 e. The van der Waals surface area contributed by atoms with Crippen LogP contribution in [0.2, 0.25) is 0 Å². The molecule has 0 radical (unpaired) electrons. The van der Waals surface area contributed by atoms with E-state index in [0.717, 1.165) is 32.5 Å². The van der Waals surface area contributed by atoms with Crippen LogP contribution < -0.4 is 10.1 Å². The summed E-state index contributed by atoms with van der Waals surface area (Å²) >= 11 is 0. The van der Waals surface area contributed by atoms with Gasteiger partial charge in [-0.1, -0.05) is 0 Å². The van der Waals surface area contributed by atoms with Crippen LogP contribution in [0.5, 0.6) is 5.75 Å². The number of piperazine rings is 1. The Bertz CT molecular complexity index is 851. The van der Waals surface area contributed by atoms with Crippen molar-refractivity contribution in [2.75, 3.05) is 66.6 Å². The third kappa shape index (κ3) is 7.26. The Balaban J connectivity index is 1.42. The van der Waals surface area contributed by atoms with Crippen LogP contribution in [0.3, 0.4) is 0 Å². The fourth-order valence-electron chi connectivity index (χ4n) is 3.83. The molecule has 2 aliphatic heterocycles. The molecule has 1 aromatic rings. The second-order valence-electron chi connectivity index (χ2n) is 8.45. The highest BCUT2D eigenvalue weighted by molar-refractivity contribution is 5.99. The molecule has 0 bridgehead atoms. The number of amides is 2. The summed E-state index contributed by atoms with van der Waals surface area (Å²) in [7, 11) is 3.14. The SMILES string of the molecule is CN(C)C(=O)COC(=O)COc1ccc(C(=O)CN2CCN(C3CCNCC3)CC2=O)cc1. The van der Waals surface area contributed by atoms with E-state index in [2.05, 4.69) is 10.2 Å². The summed E-state index contributed by atoms with van der Waals surface area (Å²) in [6, 6.07) is 6.82. The summed E-state index contributed by atoms with van der Waals surface area (Å²) in [5.74, 6) is -0.745. The molecule has 0 saturated carbocycles. The molecule has 2 saturated heterocycles. The van der Waals surface area contributed by atoms with Crippen LogP contribution in [0.25, 0.3) is 0 Å². The van der Waals surface area contributed by atoms with Crippen molar-refractivity contribution in [2.24, 2.45) is 0 Å². The second kappa shape index (κ2) is 11.8. The van der Waals surface area contributed by atoms with E-state index >= 15 is 0 Å². The summed E-state index contributed by atoms with van der Waals surface area (Å²) in [5, 5.41) is 3.34. The topological polar surface area (TPSA) is 108 Å². The summed E-state index contributed by atoms with van der Waals surface area (Å²) in [4.78, 5) is 53.5.